The Morgan fingerprint density at radius 1 is 1.35 bits per heavy atom. The van der Waals surface area contributed by atoms with Gasteiger partial charge in [-0.15, -0.1) is 0 Å². The van der Waals surface area contributed by atoms with Crippen LogP contribution in [0.2, 0.25) is 0 Å². The molecule has 8 nitrogen and oxygen atoms in total. The standard InChI is InChI=1S/C15H17N5O3/c1-10-4-6-13(7-5-10)8-16-17-14(21)9-19-12(3)15(20(22)23)11(2)18-19/h4-8H,9H2,1-3H3,(H,17,21)/b16-8+. The van der Waals surface area contributed by atoms with E-state index in [0.717, 1.165) is 11.1 Å². The minimum Gasteiger partial charge on any atom is -0.271 e. The zero-order chi connectivity index (χ0) is 17.0. The molecule has 120 valence electrons. The lowest BCUT2D eigenvalue weighted by molar-refractivity contribution is -0.386. The summed E-state index contributed by atoms with van der Waals surface area (Å²) in [5, 5.41) is 18.8. The molecule has 2 rings (SSSR count). The van der Waals surface area contributed by atoms with E-state index in [9.17, 15) is 14.9 Å². The second kappa shape index (κ2) is 6.82. The highest BCUT2D eigenvalue weighted by Gasteiger charge is 2.22. The molecule has 1 aromatic carbocycles. The van der Waals surface area contributed by atoms with Gasteiger partial charge in [0.1, 0.15) is 17.9 Å². The van der Waals surface area contributed by atoms with Gasteiger partial charge in [0.05, 0.1) is 11.1 Å². The Kier molecular flexibility index (Phi) is 4.85. The number of hydrogen-bond acceptors (Lipinski definition) is 5. The quantitative estimate of drug-likeness (QED) is 0.517. The fourth-order valence-electron chi connectivity index (χ4n) is 2.11. The van der Waals surface area contributed by atoms with Gasteiger partial charge in [0.15, 0.2) is 0 Å². The summed E-state index contributed by atoms with van der Waals surface area (Å²) in [6.07, 6.45) is 1.53. The van der Waals surface area contributed by atoms with Crippen molar-refractivity contribution in [2.75, 3.05) is 0 Å². The maximum Gasteiger partial charge on any atom is 0.312 e. The number of amides is 1. The van der Waals surface area contributed by atoms with Gasteiger partial charge in [-0.2, -0.15) is 10.2 Å². The minimum absolute atomic E-state index is 0.0686. The number of hydrogen-bond donors (Lipinski definition) is 1. The Morgan fingerprint density at radius 3 is 2.57 bits per heavy atom. The molecule has 1 amide bonds. The van der Waals surface area contributed by atoms with Crippen molar-refractivity contribution >= 4 is 17.8 Å². The van der Waals surface area contributed by atoms with Crippen LogP contribution < -0.4 is 5.43 Å². The van der Waals surface area contributed by atoms with Crippen molar-refractivity contribution in [3.63, 3.8) is 0 Å². The Morgan fingerprint density at radius 2 is 2.00 bits per heavy atom. The Bertz CT molecular complexity index is 762. The van der Waals surface area contributed by atoms with E-state index in [0.29, 0.717) is 5.69 Å². The number of rotatable bonds is 5. The predicted molar refractivity (Wildman–Crippen MR) is 85.3 cm³/mol. The van der Waals surface area contributed by atoms with Crippen LogP contribution in [0, 0.1) is 30.9 Å². The zero-order valence-electron chi connectivity index (χ0n) is 13.1. The van der Waals surface area contributed by atoms with E-state index in [4.69, 9.17) is 0 Å². The van der Waals surface area contributed by atoms with Crippen molar-refractivity contribution in [1.82, 2.24) is 15.2 Å². The van der Waals surface area contributed by atoms with E-state index < -0.39 is 10.8 Å². The molecule has 0 aliphatic carbocycles. The summed E-state index contributed by atoms with van der Waals surface area (Å²) in [4.78, 5) is 22.3. The van der Waals surface area contributed by atoms with E-state index in [1.165, 1.54) is 17.8 Å². The van der Waals surface area contributed by atoms with E-state index in [1.54, 1.807) is 6.92 Å². The summed E-state index contributed by atoms with van der Waals surface area (Å²) in [6, 6.07) is 7.65. The molecule has 8 heteroatoms. The molecule has 0 aliphatic rings. The van der Waals surface area contributed by atoms with Crippen LogP contribution in [0.5, 0.6) is 0 Å². The van der Waals surface area contributed by atoms with Gasteiger partial charge in [0, 0.05) is 0 Å². The SMILES string of the molecule is Cc1ccc(/C=N/NC(=O)Cn2nc(C)c([N+](=O)[O-])c2C)cc1. The van der Waals surface area contributed by atoms with E-state index in [1.807, 2.05) is 31.2 Å². The fourth-order valence-corrected chi connectivity index (χ4v) is 2.11. The molecular formula is C15H17N5O3. The summed E-state index contributed by atoms with van der Waals surface area (Å²) in [5.74, 6) is -0.408. The first-order valence-corrected chi connectivity index (χ1v) is 6.95. The van der Waals surface area contributed by atoms with Gasteiger partial charge in [-0.1, -0.05) is 29.8 Å². The van der Waals surface area contributed by atoms with Gasteiger partial charge in [-0.05, 0) is 26.3 Å². The van der Waals surface area contributed by atoms with Crippen molar-refractivity contribution < 1.29 is 9.72 Å². The van der Waals surface area contributed by atoms with Crippen LogP contribution in [0.15, 0.2) is 29.4 Å². The van der Waals surface area contributed by atoms with Crippen molar-refractivity contribution in [2.45, 2.75) is 27.3 Å². The van der Waals surface area contributed by atoms with E-state index in [2.05, 4.69) is 15.6 Å². The first kappa shape index (κ1) is 16.3. The Hall–Kier alpha value is -3.03. The number of benzene rings is 1. The van der Waals surface area contributed by atoms with Crippen LogP contribution in [0.3, 0.4) is 0 Å². The van der Waals surface area contributed by atoms with Crippen LogP contribution in [0.1, 0.15) is 22.5 Å². The van der Waals surface area contributed by atoms with E-state index >= 15 is 0 Å². The van der Waals surface area contributed by atoms with Crippen molar-refractivity contribution in [3.05, 3.63) is 56.9 Å². The minimum atomic E-state index is -0.498. The first-order valence-electron chi connectivity index (χ1n) is 6.95. The molecule has 0 fully saturated rings. The molecule has 1 N–H and O–H groups in total. The van der Waals surface area contributed by atoms with Gasteiger partial charge in [-0.25, -0.2) is 5.43 Å². The average Bonchev–Trinajstić information content (AvgIpc) is 2.75. The normalized spacial score (nSPS) is 10.9. The highest BCUT2D eigenvalue weighted by molar-refractivity contribution is 5.82. The number of nitro groups is 1. The third-order valence-electron chi connectivity index (χ3n) is 3.30. The van der Waals surface area contributed by atoms with Crippen LogP contribution in [-0.2, 0) is 11.3 Å². The van der Waals surface area contributed by atoms with Gasteiger partial charge in [-0.3, -0.25) is 19.6 Å². The maximum atomic E-state index is 11.8. The molecule has 0 unspecified atom stereocenters. The molecule has 23 heavy (non-hydrogen) atoms. The molecule has 1 aromatic heterocycles. The monoisotopic (exact) mass is 315 g/mol. The van der Waals surface area contributed by atoms with E-state index in [-0.39, 0.29) is 17.9 Å². The summed E-state index contributed by atoms with van der Waals surface area (Å²) in [7, 11) is 0. The molecule has 1 heterocycles. The van der Waals surface area contributed by atoms with Crippen molar-refractivity contribution in [3.8, 4) is 0 Å². The number of aromatic nitrogens is 2. The summed E-state index contributed by atoms with van der Waals surface area (Å²) in [5.41, 5.74) is 4.93. The topological polar surface area (TPSA) is 102 Å². The molecule has 0 spiro atoms. The number of aryl methyl sites for hydroxylation is 2. The number of nitrogens with one attached hydrogen (secondary N) is 1. The van der Waals surface area contributed by atoms with Crippen LogP contribution in [-0.4, -0.2) is 26.8 Å². The van der Waals surface area contributed by atoms with Crippen molar-refractivity contribution in [2.24, 2.45) is 5.10 Å². The largest absolute Gasteiger partial charge is 0.312 e. The molecule has 0 saturated heterocycles. The second-order valence-electron chi connectivity index (χ2n) is 5.14. The van der Waals surface area contributed by atoms with Crippen LogP contribution in [0.4, 0.5) is 5.69 Å². The number of hydrazone groups is 1. The summed E-state index contributed by atoms with van der Waals surface area (Å²) >= 11 is 0. The maximum absolute atomic E-state index is 11.8. The van der Waals surface area contributed by atoms with Gasteiger partial charge >= 0.3 is 5.69 Å². The average molecular weight is 315 g/mol. The van der Waals surface area contributed by atoms with Gasteiger partial charge < -0.3 is 0 Å². The Labute approximate surface area is 133 Å². The smallest absolute Gasteiger partial charge is 0.271 e. The lowest BCUT2D eigenvalue weighted by atomic mass is 10.2. The lowest BCUT2D eigenvalue weighted by Gasteiger charge is -2.02. The van der Waals surface area contributed by atoms with Crippen LogP contribution in [0.25, 0.3) is 0 Å². The molecule has 0 saturated carbocycles. The zero-order valence-corrected chi connectivity index (χ0v) is 13.1. The lowest BCUT2D eigenvalue weighted by Crippen LogP contribution is -2.24. The van der Waals surface area contributed by atoms with Crippen LogP contribution >= 0.6 is 0 Å². The molecule has 0 bridgehead atoms. The molecule has 0 aliphatic heterocycles. The second-order valence-corrected chi connectivity index (χ2v) is 5.14. The summed E-state index contributed by atoms with van der Waals surface area (Å²) in [6.45, 7) is 4.94. The fraction of sp³-hybridized carbons (Fsp3) is 0.267. The molecule has 0 atom stereocenters. The third kappa shape index (κ3) is 4.00. The molecule has 2 aromatic rings. The molecular weight excluding hydrogens is 298 g/mol. The van der Waals surface area contributed by atoms with Gasteiger partial charge in [0.2, 0.25) is 0 Å². The predicted octanol–water partition coefficient (Wildman–Crippen LogP) is 1.87. The van der Waals surface area contributed by atoms with Crippen molar-refractivity contribution in [1.29, 1.82) is 0 Å². The third-order valence-corrected chi connectivity index (χ3v) is 3.30. The highest BCUT2D eigenvalue weighted by Crippen LogP contribution is 2.21. The Balaban J connectivity index is 1.99. The summed E-state index contributed by atoms with van der Waals surface area (Å²) < 4.78 is 1.30. The number of carbonyl (C=O) groups excluding carboxylic acids is 1. The number of carbonyl (C=O) groups is 1. The number of nitrogens with zero attached hydrogens (tertiary/aromatic N) is 4. The first-order chi connectivity index (χ1) is 10.9. The van der Waals surface area contributed by atoms with Gasteiger partial charge in [0.25, 0.3) is 5.91 Å². The highest BCUT2D eigenvalue weighted by atomic mass is 16.6. The molecule has 0 radical (unpaired) electrons.